The molecule has 1 aromatic carbocycles. The third-order valence-corrected chi connectivity index (χ3v) is 3.05. The van der Waals surface area contributed by atoms with E-state index >= 15 is 0 Å². The summed E-state index contributed by atoms with van der Waals surface area (Å²) in [4.78, 5) is -0.0662. The van der Waals surface area contributed by atoms with Crippen LogP contribution in [0.15, 0.2) is 17.0 Å². The normalized spacial score (nSPS) is 11.5. The van der Waals surface area contributed by atoms with Crippen molar-refractivity contribution in [3.05, 3.63) is 23.3 Å². The maximum Gasteiger partial charge on any atom is 0.294 e. The van der Waals surface area contributed by atoms with Crippen LogP contribution in [0.3, 0.4) is 0 Å². The summed E-state index contributed by atoms with van der Waals surface area (Å²) in [5.41, 5.74) is 1.17. The number of aryl methyl sites for hydroxylation is 2. The van der Waals surface area contributed by atoms with Crippen LogP contribution in [-0.4, -0.2) is 19.6 Å². The van der Waals surface area contributed by atoms with Crippen molar-refractivity contribution in [2.45, 2.75) is 25.7 Å². The minimum Gasteiger partial charge on any atom is -0.494 e. The van der Waals surface area contributed by atoms with E-state index in [9.17, 15) is 8.42 Å². The third kappa shape index (κ3) is 2.70. The predicted molar refractivity (Wildman–Crippen MR) is 56.9 cm³/mol. The van der Waals surface area contributed by atoms with Crippen LogP contribution in [0, 0.1) is 13.8 Å². The van der Waals surface area contributed by atoms with Gasteiger partial charge in [-0.1, -0.05) is 0 Å². The molecule has 0 bridgehead atoms. The monoisotopic (exact) mass is 230 g/mol. The van der Waals surface area contributed by atoms with Gasteiger partial charge in [0, 0.05) is 0 Å². The topological polar surface area (TPSA) is 63.6 Å². The van der Waals surface area contributed by atoms with Gasteiger partial charge in [0.15, 0.2) is 0 Å². The second kappa shape index (κ2) is 4.20. The summed E-state index contributed by atoms with van der Waals surface area (Å²) in [5.74, 6) is 0.641. The first-order valence-electron chi connectivity index (χ1n) is 4.57. The molecular weight excluding hydrogens is 216 g/mol. The molecule has 0 unspecified atom stereocenters. The van der Waals surface area contributed by atoms with E-state index in [1.165, 1.54) is 6.07 Å². The quantitative estimate of drug-likeness (QED) is 0.806. The maximum absolute atomic E-state index is 11.0. The predicted octanol–water partition coefficient (Wildman–Crippen LogP) is 1.95. The van der Waals surface area contributed by atoms with Gasteiger partial charge in [0.25, 0.3) is 10.1 Å². The second-order valence-electron chi connectivity index (χ2n) is 3.29. The SMILES string of the molecule is CCOc1cc(C)c(S(=O)(=O)O)cc1C. The fraction of sp³-hybridized carbons (Fsp3) is 0.400. The van der Waals surface area contributed by atoms with Crippen LogP contribution in [0.25, 0.3) is 0 Å². The zero-order chi connectivity index (χ0) is 11.6. The minimum atomic E-state index is -4.14. The van der Waals surface area contributed by atoms with Gasteiger partial charge in [-0.15, -0.1) is 0 Å². The van der Waals surface area contributed by atoms with Gasteiger partial charge in [-0.3, -0.25) is 4.55 Å². The van der Waals surface area contributed by atoms with Crippen LogP contribution in [0.4, 0.5) is 0 Å². The summed E-state index contributed by atoms with van der Waals surface area (Å²) in [6, 6.07) is 3.03. The Labute approximate surface area is 89.6 Å². The van der Waals surface area contributed by atoms with Gasteiger partial charge in [-0.05, 0) is 44.0 Å². The molecule has 84 valence electrons. The molecule has 0 atom stereocenters. The van der Waals surface area contributed by atoms with Gasteiger partial charge < -0.3 is 4.74 Å². The van der Waals surface area contributed by atoms with Gasteiger partial charge in [0.2, 0.25) is 0 Å². The average Bonchev–Trinajstić information content (AvgIpc) is 2.09. The van der Waals surface area contributed by atoms with Crippen molar-refractivity contribution < 1.29 is 17.7 Å². The molecule has 0 aliphatic rings. The lowest BCUT2D eigenvalue weighted by molar-refractivity contribution is 0.337. The Kier molecular flexibility index (Phi) is 3.36. The van der Waals surface area contributed by atoms with E-state index in [0.29, 0.717) is 23.5 Å². The zero-order valence-corrected chi connectivity index (χ0v) is 9.76. The molecule has 1 N–H and O–H groups in total. The first-order valence-corrected chi connectivity index (χ1v) is 6.01. The molecule has 0 amide bonds. The Bertz CT molecular complexity index is 463. The summed E-state index contributed by atoms with van der Waals surface area (Å²) in [7, 11) is -4.14. The molecule has 0 saturated carbocycles. The summed E-state index contributed by atoms with van der Waals surface area (Å²) in [6.07, 6.45) is 0. The molecule has 0 fully saturated rings. The number of benzene rings is 1. The molecule has 1 rings (SSSR count). The highest BCUT2D eigenvalue weighted by Crippen LogP contribution is 2.25. The lowest BCUT2D eigenvalue weighted by Crippen LogP contribution is -2.03. The van der Waals surface area contributed by atoms with Crippen LogP contribution >= 0.6 is 0 Å². The van der Waals surface area contributed by atoms with E-state index in [1.807, 2.05) is 6.92 Å². The second-order valence-corrected chi connectivity index (χ2v) is 4.68. The first kappa shape index (κ1) is 12.0. The van der Waals surface area contributed by atoms with E-state index in [1.54, 1.807) is 19.9 Å². The molecule has 0 aliphatic carbocycles. The molecule has 5 heteroatoms. The first-order chi connectivity index (χ1) is 6.86. The van der Waals surface area contributed by atoms with Crippen LogP contribution in [0.2, 0.25) is 0 Å². The van der Waals surface area contributed by atoms with Crippen molar-refractivity contribution in [3.63, 3.8) is 0 Å². The van der Waals surface area contributed by atoms with E-state index in [0.717, 1.165) is 0 Å². The Morgan fingerprint density at radius 1 is 1.27 bits per heavy atom. The number of hydrogen-bond acceptors (Lipinski definition) is 3. The molecule has 1 aromatic rings. The molecular formula is C10H14O4S. The summed E-state index contributed by atoms with van der Waals surface area (Å²) in [5, 5.41) is 0. The van der Waals surface area contributed by atoms with E-state index in [4.69, 9.17) is 9.29 Å². The lowest BCUT2D eigenvalue weighted by atomic mass is 10.1. The van der Waals surface area contributed by atoms with Gasteiger partial charge in [-0.25, -0.2) is 0 Å². The largest absolute Gasteiger partial charge is 0.494 e. The van der Waals surface area contributed by atoms with Crippen LogP contribution in [0.1, 0.15) is 18.1 Å². The van der Waals surface area contributed by atoms with Crippen molar-refractivity contribution in [1.82, 2.24) is 0 Å². The molecule has 0 saturated heterocycles. The fourth-order valence-corrected chi connectivity index (χ4v) is 2.14. The molecule has 0 radical (unpaired) electrons. The molecule has 15 heavy (non-hydrogen) atoms. The van der Waals surface area contributed by atoms with Crippen LogP contribution in [0.5, 0.6) is 5.75 Å². The van der Waals surface area contributed by atoms with Gasteiger partial charge in [0.1, 0.15) is 5.75 Å². The number of ether oxygens (including phenoxy) is 1. The maximum atomic E-state index is 11.0. The number of rotatable bonds is 3. The van der Waals surface area contributed by atoms with Crippen LogP contribution in [-0.2, 0) is 10.1 Å². The average molecular weight is 230 g/mol. The van der Waals surface area contributed by atoms with Crippen molar-refractivity contribution in [1.29, 1.82) is 0 Å². The molecule has 0 heterocycles. The van der Waals surface area contributed by atoms with E-state index in [2.05, 4.69) is 0 Å². The van der Waals surface area contributed by atoms with Gasteiger partial charge >= 0.3 is 0 Å². The summed E-state index contributed by atoms with van der Waals surface area (Å²) < 4.78 is 36.2. The Morgan fingerprint density at radius 3 is 2.33 bits per heavy atom. The smallest absolute Gasteiger partial charge is 0.294 e. The van der Waals surface area contributed by atoms with Crippen molar-refractivity contribution >= 4 is 10.1 Å². The van der Waals surface area contributed by atoms with E-state index in [-0.39, 0.29) is 4.90 Å². The minimum absolute atomic E-state index is 0.0662. The molecule has 0 spiro atoms. The van der Waals surface area contributed by atoms with Gasteiger partial charge in [-0.2, -0.15) is 8.42 Å². The highest BCUT2D eigenvalue weighted by molar-refractivity contribution is 7.85. The highest BCUT2D eigenvalue weighted by atomic mass is 32.2. The van der Waals surface area contributed by atoms with Crippen molar-refractivity contribution in [2.75, 3.05) is 6.61 Å². The standard InChI is InChI=1S/C10H14O4S/c1-4-14-9-5-8(3)10(6-7(9)2)15(11,12)13/h5-6H,4H2,1-3H3,(H,11,12,13). The Morgan fingerprint density at radius 2 is 1.87 bits per heavy atom. The third-order valence-electron chi connectivity index (χ3n) is 2.05. The van der Waals surface area contributed by atoms with E-state index < -0.39 is 10.1 Å². The fourth-order valence-electron chi connectivity index (χ4n) is 1.35. The van der Waals surface area contributed by atoms with Crippen molar-refractivity contribution in [3.8, 4) is 5.75 Å². The Hall–Kier alpha value is -1.07. The van der Waals surface area contributed by atoms with Gasteiger partial charge in [0.05, 0.1) is 11.5 Å². The number of hydrogen-bond donors (Lipinski definition) is 1. The van der Waals surface area contributed by atoms with Crippen LogP contribution < -0.4 is 4.74 Å². The van der Waals surface area contributed by atoms with Crippen molar-refractivity contribution in [2.24, 2.45) is 0 Å². The molecule has 0 aliphatic heterocycles. The highest BCUT2D eigenvalue weighted by Gasteiger charge is 2.15. The Balaban J connectivity index is 3.32. The summed E-state index contributed by atoms with van der Waals surface area (Å²) in [6.45, 7) is 5.72. The summed E-state index contributed by atoms with van der Waals surface area (Å²) >= 11 is 0. The zero-order valence-electron chi connectivity index (χ0n) is 8.94. The lowest BCUT2D eigenvalue weighted by Gasteiger charge is -2.10. The molecule has 4 nitrogen and oxygen atoms in total. The molecule has 0 aromatic heterocycles.